The Morgan fingerprint density at radius 1 is 1.00 bits per heavy atom. The van der Waals surface area contributed by atoms with Crippen molar-refractivity contribution in [3.05, 3.63) is 36.4 Å². The molecular weight excluding hydrogens is 336 g/mol. The van der Waals surface area contributed by atoms with Crippen molar-refractivity contribution in [3.8, 4) is 5.75 Å². The first kappa shape index (κ1) is 16.1. The fourth-order valence-electron chi connectivity index (χ4n) is 1.89. The van der Waals surface area contributed by atoms with Crippen molar-refractivity contribution in [3.63, 3.8) is 0 Å². The molecule has 0 saturated heterocycles. The molecule has 0 atom stereocenters. The van der Waals surface area contributed by atoms with Crippen LogP contribution >= 0.6 is 10.7 Å². The van der Waals surface area contributed by atoms with Gasteiger partial charge in [-0.1, -0.05) is 24.3 Å². The van der Waals surface area contributed by atoms with Crippen molar-refractivity contribution in [2.24, 2.45) is 0 Å². The van der Waals surface area contributed by atoms with E-state index < -0.39 is 18.9 Å². The van der Waals surface area contributed by atoms with Crippen LogP contribution in [0.15, 0.2) is 41.3 Å². The third-order valence-electron chi connectivity index (χ3n) is 2.82. The van der Waals surface area contributed by atoms with Gasteiger partial charge in [0.25, 0.3) is 9.05 Å². The Labute approximate surface area is 127 Å². The van der Waals surface area contributed by atoms with Crippen LogP contribution in [0.2, 0.25) is 0 Å². The Hall–Kier alpha value is -1.31. The maximum absolute atomic E-state index is 11.5. The number of ether oxygens (including phenoxy) is 1. The van der Waals surface area contributed by atoms with E-state index in [1.807, 2.05) is 0 Å². The van der Waals surface area contributed by atoms with E-state index in [4.69, 9.17) is 15.4 Å². The van der Waals surface area contributed by atoms with Crippen LogP contribution in [0.25, 0.3) is 10.8 Å². The number of rotatable bonds is 5. The molecule has 0 saturated carbocycles. The SMILES string of the molecule is CS(=O)(=O)CCOc1ccc(S(=O)(=O)Cl)c2ccccc12. The molecule has 0 bridgehead atoms. The molecule has 2 aromatic carbocycles. The molecule has 0 N–H and O–H groups in total. The van der Waals surface area contributed by atoms with Gasteiger partial charge in [0.15, 0.2) is 9.84 Å². The quantitative estimate of drug-likeness (QED) is 0.774. The number of benzene rings is 2. The van der Waals surface area contributed by atoms with Crippen molar-refractivity contribution >= 4 is 40.3 Å². The van der Waals surface area contributed by atoms with Gasteiger partial charge in [-0.15, -0.1) is 0 Å². The molecule has 0 aliphatic carbocycles. The zero-order valence-electron chi connectivity index (χ0n) is 11.1. The van der Waals surface area contributed by atoms with E-state index in [1.165, 1.54) is 12.1 Å². The van der Waals surface area contributed by atoms with Crippen molar-refractivity contribution in [1.82, 2.24) is 0 Å². The Kier molecular flexibility index (Phi) is 4.46. The number of hydrogen-bond donors (Lipinski definition) is 0. The van der Waals surface area contributed by atoms with E-state index in [1.54, 1.807) is 24.3 Å². The van der Waals surface area contributed by atoms with E-state index in [0.29, 0.717) is 16.5 Å². The summed E-state index contributed by atoms with van der Waals surface area (Å²) in [6.07, 6.45) is 1.12. The summed E-state index contributed by atoms with van der Waals surface area (Å²) >= 11 is 0. The third-order valence-corrected chi connectivity index (χ3v) is 5.11. The molecule has 0 unspecified atom stereocenters. The minimum atomic E-state index is -3.87. The highest BCUT2D eigenvalue weighted by Gasteiger charge is 2.16. The molecule has 0 aliphatic heterocycles. The van der Waals surface area contributed by atoms with Gasteiger partial charge in [0, 0.05) is 27.7 Å². The van der Waals surface area contributed by atoms with E-state index in [2.05, 4.69) is 0 Å². The van der Waals surface area contributed by atoms with Gasteiger partial charge < -0.3 is 4.74 Å². The molecule has 0 amide bonds. The molecule has 0 aliphatic rings. The van der Waals surface area contributed by atoms with Crippen molar-refractivity contribution < 1.29 is 21.6 Å². The summed E-state index contributed by atoms with van der Waals surface area (Å²) in [7, 11) is -1.58. The Morgan fingerprint density at radius 3 is 2.19 bits per heavy atom. The van der Waals surface area contributed by atoms with Crippen LogP contribution in [0.4, 0.5) is 0 Å². The van der Waals surface area contributed by atoms with Crippen LogP contribution < -0.4 is 4.74 Å². The third kappa shape index (κ3) is 4.09. The highest BCUT2D eigenvalue weighted by atomic mass is 35.7. The minimum Gasteiger partial charge on any atom is -0.492 e. The topological polar surface area (TPSA) is 77.5 Å². The minimum absolute atomic E-state index is 0.00417. The number of sulfone groups is 1. The lowest BCUT2D eigenvalue weighted by atomic mass is 10.1. The first-order valence-corrected chi connectivity index (χ1v) is 10.3. The van der Waals surface area contributed by atoms with E-state index in [9.17, 15) is 16.8 Å². The number of halogens is 1. The molecule has 0 fully saturated rings. The maximum atomic E-state index is 11.5. The Bertz CT molecular complexity index is 873. The van der Waals surface area contributed by atoms with Crippen molar-refractivity contribution in [1.29, 1.82) is 0 Å². The zero-order chi connectivity index (χ0) is 15.7. The van der Waals surface area contributed by atoms with Crippen LogP contribution in [-0.4, -0.2) is 35.5 Å². The fraction of sp³-hybridized carbons (Fsp3) is 0.231. The van der Waals surface area contributed by atoms with E-state index >= 15 is 0 Å². The molecule has 8 heteroatoms. The Morgan fingerprint density at radius 2 is 1.62 bits per heavy atom. The van der Waals surface area contributed by atoms with Gasteiger partial charge in [0.2, 0.25) is 0 Å². The highest BCUT2D eigenvalue weighted by Crippen LogP contribution is 2.32. The largest absolute Gasteiger partial charge is 0.492 e. The Balaban J connectivity index is 2.44. The molecule has 0 heterocycles. The second kappa shape index (κ2) is 5.82. The van der Waals surface area contributed by atoms with Crippen molar-refractivity contribution in [2.45, 2.75) is 4.90 Å². The van der Waals surface area contributed by atoms with Gasteiger partial charge in [-0.2, -0.15) is 0 Å². The van der Waals surface area contributed by atoms with Gasteiger partial charge in [0.1, 0.15) is 12.4 Å². The average Bonchev–Trinajstić information content (AvgIpc) is 2.36. The van der Waals surface area contributed by atoms with Crippen LogP contribution in [0.1, 0.15) is 0 Å². The summed E-state index contributed by atoms with van der Waals surface area (Å²) in [4.78, 5) is -0.00442. The number of hydrogen-bond acceptors (Lipinski definition) is 5. The smallest absolute Gasteiger partial charge is 0.261 e. The van der Waals surface area contributed by atoms with Gasteiger partial charge in [-0.05, 0) is 12.1 Å². The molecule has 2 aromatic rings. The summed E-state index contributed by atoms with van der Waals surface area (Å²) in [6, 6.07) is 9.55. The molecular formula is C13H13ClO5S2. The van der Waals surface area contributed by atoms with Crippen LogP contribution in [0.3, 0.4) is 0 Å². The molecule has 0 aromatic heterocycles. The summed E-state index contributed by atoms with van der Waals surface area (Å²) in [5.41, 5.74) is 0. The van der Waals surface area contributed by atoms with Crippen LogP contribution in [0.5, 0.6) is 5.75 Å². The molecule has 21 heavy (non-hydrogen) atoms. The summed E-state index contributed by atoms with van der Waals surface area (Å²) < 4.78 is 50.7. The van der Waals surface area contributed by atoms with Gasteiger partial charge in [-0.3, -0.25) is 0 Å². The first-order valence-electron chi connectivity index (χ1n) is 5.95. The van der Waals surface area contributed by atoms with Gasteiger partial charge in [0.05, 0.1) is 10.6 Å². The van der Waals surface area contributed by atoms with E-state index in [0.717, 1.165) is 6.26 Å². The predicted molar refractivity (Wildman–Crippen MR) is 82.2 cm³/mol. The molecule has 0 spiro atoms. The molecule has 0 radical (unpaired) electrons. The fourth-order valence-corrected chi connectivity index (χ4v) is 3.35. The summed E-state index contributed by atoms with van der Waals surface area (Å²) in [6.45, 7) is -0.00417. The monoisotopic (exact) mass is 348 g/mol. The van der Waals surface area contributed by atoms with Crippen LogP contribution in [0, 0.1) is 0 Å². The molecule has 5 nitrogen and oxygen atoms in total. The molecule has 2 rings (SSSR count). The lowest BCUT2D eigenvalue weighted by Gasteiger charge is -2.11. The van der Waals surface area contributed by atoms with Crippen molar-refractivity contribution in [2.75, 3.05) is 18.6 Å². The van der Waals surface area contributed by atoms with E-state index in [-0.39, 0.29) is 17.3 Å². The second-order valence-corrected chi connectivity index (χ2v) is 9.32. The second-order valence-electron chi connectivity index (χ2n) is 4.52. The average molecular weight is 349 g/mol. The lowest BCUT2D eigenvalue weighted by molar-refractivity contribution is 0.345. The number of fused-ring (bicyclic) bond motifs is 1. The standard InChI is InChI=1S/C13H13ClO5S2/c1-20(15,16)9-8-19-12-6-7-13(21(14,17)18)11-5-3-2-4-10(11)12/h2-7H,8-9H2,1H3. The zero-order valence-corrected chi connectivity index (χ0v) is 13.5. The summed E-state index contributed by atoms with van der Waals surface area (Å²) in [5.74, 6) is 0.301. The summed E-state index contributed by atoms with van der Waals surface area (Å²) in [5, 5.41) is 0.997. The first-order chi connectivity index (χ1) is 9.68. The predicted octanol–water partition coefficient (Wildman–Crippen LogP) is 2.19. The highest BCUT2D eigenvalue weighted by molar-refractivity contribution is 8.14. The maximum Gasteiger partial charge on any atom is 0.261 e. The molecule has 114 valence electrons. The van der Waals surface area contributed by atoms with Gasteiger partial charge in [-0.25, -0.2) is 16.8 Å². The van der Waals surface area contributed by atoms with Crippen LogP contribution in [-0.2, 0) is 18.9 Å². The van der Waals surface area contributed by atoms with Gasteiger partial charge >= 0.3 is 0 Å². The lowest BCUT2D eigenvalue weighted by Crippen LogP contribution is -2.12. The normalized spacial score (nSPS) is 12.5.